The molecule has 0 fully saturated rings. The molecule has 0 saturated carbocycles. The molecule has 0 bridgehead atoms. The molecule has 0 heterocycles. The summed E-state index contributed by atoms with van der Waals surface area (Å²) in [4.78, 5) is 11.3. The highest BCUT2D eigenvalue weighted by Crippen LogP contribution is 2.19. The Hall–Kier alpha value is -1.55. The van der Waals surface area contributed by atoms with E-state index in [1.807, 2.05) is 31.2 Å². The number of ether oxygens (including phenoxy) is 1. The van der Waals surface area contributed by atoms with Gasteiger partial charge in [0.25, 0.3) is 0 Å². The number of benzene rings is 1. The molecule has 0 aromatic heterocycles. The van der Waals surface area contributed by atoms with Crippen LogP contribution in [0.25, 0.3) is 0 Å². The first kappa shape index (κ1) is 16.5. The molecule has 4 heteroatoms. The van der Waals surface area contributed by atoms with E-state index in [0.717, 1.165) is 6.42 Å². The summed E-state index contributed by atoms with van der Waals surface area (Å²) in [7, 11) is 0. The van der Waals surface area contributed by atoms with Crippen molar-refractivity contribution in [3.05, 3.63) is 29.8 Å². The van der Waals surface area contributed by atoms with Gasteiger partial charge >= 0.3 is 5.97 Å². The molecular formula is C16H25NO3. The lowest BCUT2D eigenvalue weighted by atomic mass is 10.0. The number of hydrogen-bond donors (Lipinski definition) is 2. The van der Waals surface area contributed by atoms with Crippen LogP contribution in [0.4, 0.5) is 0 Å². The van der Waals surface area contributed by atoms with Gasteiger partial charge in [-0.1, -0.05) is 32.9 Å². The molecule has 1 rings (SSSR count). The van der Waals surface area contributed by atoms with Gasteiger partial charge in [-0.25, -0.2) is 0 Å². The van der Waals surface area contributed by atoms with Gasteiger partial charge in [-0.2, -0.15) is 0 Å². The number of nitrogens with one attached hydrogen (secondary N) is 1. The van der Waals surface area contributed by atoms with Crippen LogP contribution in [-0.4, -0.2) is 29.8 Å². The zero-order valence-electron chi connectivity index (χ0n) is 12.8. The van der Waals surface area contributed by atoms with Crippen molar-refractivity contribution in [2.75, 3.05) is 13.2 Å². The van der Waals surface area contributed by atoms with E-state index < -0.39 is 11.5 Å². The molecule has 0 aliphatic rings. The first-order chi connectivity index (χ1) is 9.39. The second-order valence-corrected chi connectivity index (χ2v) is 5.58. The second-order valence-electron chi connectivity index (χ2n) is 5.58. The largest absolute Gasteiger partial charge is 0.491 e. The predicted molar refractivity (Wildman–Crippen MR) is 80.4 cm³/mol. The van der Waals surface area contributed by atoms with E-state index >= 15 is 0 Å². The fourth-order valence-corrected chi connectivity index (χ4v) is 1.77. The SMILES string of the molecule is CCCNC(C)(COc1ccc(C(C)C)cc1)C(=O)O. The summed E-state index contributed by atoms with van der Waals surface area (Å²) >= 11 is 0. The first-order valence-electron chi connectivity index (χ1n) is 7.10. The number of hydrogen-bond acceptors (Lipinski definition) is 3. The number of carboxylic acids is 1. The number of rotatable bonds is 8. The standard InChI is InChI=1S/C16H25NO3/c1-5-10-17-16(4,15(18)19)11-20-14-8-6-13(7-9-14)12(2)3/h6-9,12,17H,5,10-11H2,1-4H3,(H,18,19). The first-order valence-corrected chi connectivity index (χ1v) is 7.10. The van der Waals surface area contributed by atoms with Gasteiger partial charge in [0.2, 0.25) is 0 Å². The third kappa shape index (κ3) is 4.53. The van der Waals surface area contributed by atoms with Crippen molar-refractivity contribution in [1.29, 1.82) is 0 Å². The lowest BCUT2D eigenvalue weighted by Gasteiger charge is -2.26. The van der Waals surface area contributed by atoms with E-state index in [1.54, 1.807) is 6.92 Å². The molecule has 4 nitrogen and oxygen atoms in total. The molecule has 0 aliphatic carbocycles. The zero-order chi connectivity index (χ0) is 15.2. The minimum absolute atomic E-state index is 0.101. The Bertz CT molecular complexity index is 428. The van der Waals surface area contributed by atoms with Crippen molar-refractivity contribution in [3.8, 4) is 5.75 Å². The summed E-state index contributed by atoms with van der Waals surface area (Å²) in [5, 5.41) is 12.3. The maximum atomic E-state index is 11.3. The van der Waals surface area contributed by atoms with Gasteiger partial charge in [0.15, 0.2) is 0 Å². The van der Waals surface area contributed by atoms with Crippen LogP contribution in [0, 0.1) is 0 Å². The van der Waals surface area contributed by atoms with Crippen LogP contribution < -0.4 is 10.1 Å². The Morgan fingerprint density at radius 2 is 1.95 bits per heavy atom. The van der Waals surface area contributed by atoms with Crippen molar-refractivity contribution in [2.24, 2.45) is 0 Å². The molecule has 1 atom stereocenters. The lowest BCUT2D eigenvalue weighted by Crippen LogP contribution is -2.54. The molecule has 0 amide bonds. The van der Waals surface area contributed by atoms with Gasteiger partial charge in [-0.3, -0.25) is 10.1 Å². The molecule has 112 valence electrons. The fraction of sp³-hybridized carbons (Fsp3) is 0.562. The van der Waals surface area contributed by atoms with Crippen molar-refractivity contribution in [3.63, 3.8) is 0 Å². The van der Waals surface area contributed by atoms with Gasteiger partial charge in [0, 0.05) is 0 Å². The van der Waals surface area contributed by atoms with Crippen LogP contribution in [0.1, 0.15) is 45.6 Å². The molecule has 20 heavy (non-hydrogen) atoms. The number of aliphatic carboxylic acids is 1. The summed E-state index contributed by atoms with van der Waals surface area (Å²) in [6, 6.07) is 7.80. The van der Waals surface area contributed by atoms with Crippen molar-refractivity contribution in [1.82, 2.24) is 5.32 Å². The molecule has 2 N–H and O–H groups in total. The summed E-state index contributed by atoms with van der Waals surface area (Å²) < 4.78 is 5.62. The number of carboxylic acid groups (broad SMARTS) is 1. The van der Waals surface area contributed by atoms with E-state index in [9.17, 15) is 9.90 Å². The Kier molecular flexibility index (Phi) is 6.02. The Balaban J connectivity index is 2.65. The summed E-state index contributed by atoms with van der Waals surface area (Å²) in [5.41, 5.74) is 0.176. The quantitative estimate of drug-likeness (QED) is 0.768. The molecule has 0 radical (unpaired) electrons. The highest BCUT2D eigenvalue weighted by Gasteiger charge is 2.33. The minimum Gasteiger partial charge on any atom is -0.491 e. The van der Waals surface area contributed by atoms with Crippen molar-refractivity contribution >= 4 is 5.97 Å². The lowest BCUT2D eigenvalue weighted by molar-refractivity contribution is -0.145. The summed E-state index contributed by atoms with van der Waals surface area (Å²) in [6.07, 6.45) is 0.881. The van der Waals surface area contributed by atoms with Crippen LogP contribution >= 0.6 is 0 Å². The van der Waals surface area contributed by atoms with E-state index in [-0.39, 0.29) is 6.61 Å². The fourth-order valence-electron chi connectivity index (χ4n) is 1.77. The van der Waals surface area contributed by atoms with Gasteiger partial charge in [-0.15, -0.1) is 0 Å². The second kappa shape index (κ2) is 7.29. The molecule has 1 aromatic rings. The normalized spacial score (nSPS) is 14.1. The molecule has 0 aliphatic heterocycles. The topological polar surface area (TPSA) is 58.6 Å². The van der Waals surface area contributed by atoms with E-state index in [1.165, 1.54) is 5.56 Å². The van der Waals surface area contributed by atoms with Crippen LogP contribution in [0.15, 0.2) is 24.3 Å². The Labute approximate surface area is 121 Å². The van der Waals surface area contributed by atoms with Gasteiger partial charge in [-0.05, 0) is 43.5 Å². The summed E-state index contributed by atoms with van der Waals surface area (Å²) in [6.45, 7) is 8.66. The van der Waals surface area contributed by atoms with E-state index in [4.69, 9.17) is 4.74 Å². The molecule has 1 unspecified atom stereocenters. The smallest absolute Gasteiger partial charge is 0.327 e. The highest BCUT2D eigenvalue weighted by molar-refractivity contribution is 5.78. The van der Waals surface area contributed by atoms with Gasteiger partial charge in [0.1, 0.15) is 17.9 Å². The molecule has 1 aromatic carbocycles. The van der Waals surface area contributed by atoms with Gasteiger partial charge in [0.05, 0.1) is 0 Å². The predicted octanol–water partition coefficient (Wildman–Crippen LogP) is 3.03. The average Bonchev–Trinajstić information content (AvgIpc) is 2.43. The summed E-state index contributed by atoms with van der Waals surface area (Å²) in [5.74, 6) is 0.268. The molecule has 0 saturated heterocycles. The molecule has 0 spiro atoms. The maximum Gasteiger partial charge on any atom is 0.327 e. The monoisotopic (exact) mass is 279 g/mol. The van der Waals surface area contributed by atoms with E-state index in [2.05, 4.69) is 19.2 Å². The van der Waals surface area contributed by atoms with Crippen LogP contribution in [0.3, 0.4) is 0 Å². The van der Waals surface area contributed by atoms with Crippen molar-refractivity contribution < 1.29 is 14.6 Å². The highest BCUT2D eigenvalue weighted by atomic mass is 16.5. The number of carbonyl (C=O) groups is 1. The third-order valence-electron chi connectivity index (χ3n) is 3.31. The van der Waals surface area contributed by atoms with E-state index in [0.29, 0.717) is 18.2 Å². The minimum atomic E-state index is -1.06. The third-order valence-corrected chi connectivity index (χ3v) is 3.31. The maximum absolute atomic E-state index is 11.3. The zero-order valence-corrected chi connectivity index (χ0v) is 12.8. The van der Waals surface area contributed by atoms with Gasteiger partial charge < -0.3 is 9.84 Å². The van der Waals surface area contributed by atoms with Crippen LogP contribution in [0.5, 0.6) is 5.75 Å². The Morgan fingerprint density at radius 3 is 2.40 bits per heavy atom. The Morgan fingerprint density at radius 1 is 1.35 bits per heavy atom. The average molecular weight is 279 g/mol. The molecular weight excluding hydrogens is 254 g/mol. The van der Waals surface area contributed by atoms with Crippen molar-refractivity contribution in [2.45, 2.75) is 45.6 Å². The van der Waals surface area contributed by atoms with Crippen LogP contribution in [-0.2, 0) is 4.79 Å². The van der Waals surface area contributed by atoms with Crippen LogP contribution in [0.2, 0.25) is 0 Å².